The lowest BCUT2D eigenvalue weighted by atomic mass is 9.96. The summed E-state index contributed by atoms with van der Waals surface area (Å²) in [7, 11) is 2.96. The molecule has 1 aliphatic carbocycles. The number of anilines is 1. The summed E-state index contributed by atoms with van der Waals surface area (Å²) < 4.78 is 53.0. The molecule has 1 saturated carbocycles. The largest absolute Gasteiger partial charge is 0.493 e. The summed E-state index contributed by atoms with van der Waals surface area (Å²) in [5.41, 5.74) is 0.716. The zero-order valence-electron chi connectivity index (χ0n) is 17.3. The number of benzene rings is 1. The second-order valence-corrected chi connectivity index (χ2v) is 7.91. The van der Waals surface area contributed by atoms with Gasteiger partial charge in [-0.3, -0.25) is 4.79 Å². The van der Waals surface area contributed by atoms with E-state index in [-0.39, 0.29) is 23.8 Å². The summed E-state index contributed by atoms with van der Waals surface area (Å²) in [4.78, 5) is 12.8. The molecule has 0 radical (unpaired) electrons. The van der Waals surface area contributed by atoms with Crippen LogP contribution in [-0.2, 0) is 0 Å². The van der Waals surface area contributed by atoms with Gasteiger partial charge in [-0.15, -0.1) is 0 Å². The van der Waals surface area contributed by atoms with Gasteiger partial charge in [0.2, 0.25) is 0 Å². The molecule has 1 aliphatic heterocycles. The van der Waals surface area contributed by atoms with E-state index in [1.165, 1.54) is 20.4 Å². The minimum Gasteiger partial charge on any atom is -0.493 e. The Kier molecular flexibility index (Phi) is 5.72. The average Bonchev–Trinajstić information content (AvgIpc) is 3.41. The fourth-order valence-electron chi connectivity index (χ4n) is 4.35. The molecule has 7 nitrogen and oxygen atoms in total. The number of aromatic nitrogens is 2. The molecule has 0 saturated heterocycles. The summed E-state index contributed by atoms with van der Waals surface area (Å²) in [6.45, 7) is 0. The zero-order chi connectivity index (χ0) is 22.2. The number of ether oxygens (including phenoxy) is 2. The van der Waals surface area contributed by atoms with Crippen molar-refractivity contribution in [1.29, 1.82) is 0 Å². The van der Waals surface area contributed by atoms with Crippen molar-refractivity contribution in [1.82, 2.24) is 15.1 Å². The Morgan fingerprint density at radius 2 is 1.90 bits per heavy atom. The van der Waals surface area contributed by atoms with Gasteiger partial charge >= 0.3 is 6.18 Å². The molecule has 0 bridgehead atoms. The van der Waals surface area contributed by atoms with E-state index in [0.717, 1.165) is 30.4 Å². The van der Waals surface area contributed by atoms with Gasteiger partial charge in [0, 0.05) is 12.5 Å². The predicted molar refractivity (Wildman–Crippen MR) is 108 cm³/mol. The summed E-state index contributed by atoms with van der Waals surface area (Å²) in [6, 6.07) is 2.50. The summed E-state index contributed by atoms with van der Waals surface area (Å²) in [5, 5.41) is 9.94. The molecule has 2 aromatic rings. The number of hydrogen-bond donors (Lipinski definition) is 2. The van der Waals surface area contributed by atoms with Gasteiger partial charge in [-0.25, -0.2) is 4.68 Å². The monoisotopic (exact) mass is 438 g/mol. The summed E-state index contributed by atoms with van der Waals surface area (Å²) >= 11 is 0. The molecule has 1 aromatic carbocycles. The van der Waals surface area contributed by atoms with Crippen LogP contribution in [0.1, 0.15) is 60.1 Å². The van der Waals surface area contributed by atoms with Crippen LogP contribution in [0.5, 0.6) is 11.5 Å². The Balaban J connectivity index is 1.68. The number of amides is 1. The Bertz CT molecular complexity index is 954. The quantitative estimate of drug-likeness (QED) is 0.731. The molecule has 1 fully saturated rings. The van der Waals surface area contributed by atoms with Crippen LogP contribution >= 0.6 is 0 Å². The van der Waals surface area contributed by atoms with Crippen LogP contribution in [0.3, 0.4) is 0 Å². The van der Waals surface area contributed by atoms with Crippen molar-refractivity contribution in [3.05, 3.63) is 35.5 Å². The smallest absolute Gasteiger partial charge is 0.410 e. The molecule has 2 atom stereocenters. The van der Waals surface area contributed by atoms with Gasteiger partial charge in [0.1, 0.15) is 11.4 Å². The van der Waals surface area contributed by atoms with E-state index < -0.39 is 24.2 Å². The van der Waals surface area contributed by atoms with Gasteiger partial charge in [-0.1, -0.05) is 18.9 Å². The first-order valence-corrected chi connectivity index (χ1v) is 10.3. The third-order valence-electron chi connectivity index (χ3n) is 5.98. The van der Waals surface area contributed by atoms with Crippen molar-refractivity contribution in [3.8, 4) is 11.5 Å². The van der Waals surface area contributed by atoms with Crippen LogP contribution < -0.4 is 20.1 Å². The van der Waals surface area contributed by atoms with Crippen molar-refractivity contribution in [2.24, 2.45) is 0 Å². The minimum atomic E-state index is -4.52. The van der Waals surface area contributed by atoms with Crippen LogP contribution in [0.2, 0.25) is 0 Å². The number of halogens is 3. The van der Waals surface area contributed by atoms with Crippen molar-refractivity contribution >= 4 is 11.7 Å². The van der Waals surface area contributed by atoms with E-state index >= 15 is 0 Å². The van der Waals surface area contributed by atoms with Crippen molar-refractivity contribution in [2.75, 3.05) is 19.5 Å². The third-order valence-corrected chi connectivity index (χ3v) is 5.98. The average molecular weight is 438 g/mol. The fraction of sp³-hybridized carbons (Fsp3) is 0.524. The second kappa shape index (κ2) is 8.32. The van der Waals surface area contributed by atoms with Gasteiger partial charge in [-0.05, 0) is 30.5 Å². The first kappa shape index (κ1) is 21.3. The number of nitrogens with one attached hydrogen (secondary N) is 2. The van der Waals surface area contributed by atoms with Gasteiger partial charge in [0.15, 0.2) is 17.5 Å². The van der Waals surface area contributed by atoms with E-state index in [2.05, 4.69) is 15.7 Å². The van der Waals surface area contributed by atoms with Crippen molar-refractivity contribution in [2.45, 2.75) is 56.4 Å². The highest BCUT2D eigenvalue weighted by Crippen LogP contribution is 2.45. The van der Waals surface area contributed by atoms with Gasteiger partial charge in [-0.2, -0.15) is 18.3 Å². The molecule has 2 N–H and O–H groups in total. The summed E-state index contributed by atoms with van der Waals surface area (Å²) in [5.74, 6) is 0.568. The van der Waals surface area contributed by atoms with E-state index in [1.807, 2.05) is 0 Å². The van der Waals surface area contributed by atoms with Gasteiger partial charge in [0.05, 0.1) is 26.5 Å². The number of rotatable bonds is 5. The molecule has 31 heavy (non-hydrogen) atoms. The summed E-state index contributed by atoms with van der Waals surface area (Å²) in [6.07, 6.45) is 0.250. The minimum absolute atomic E-state index is 0.0479. The lowest BCUT2D eigenvalue weighted by Gasteiger charge is -2.34. The highest BCUT2D eigenvalue weighted by molar-refractivity contribution is 5.99. The first-order valence-electron chi connectivity index (χ1n) is 10.3. The maximum atomic E-state index is 13.9. The number of hydrogen-bond acceptors (Lipinski definition) is 5. The van der Waals surface area contributed by atoms with Crippen LogP contribution in [0.15, 0.2) is 24.4 Å². The van der Waals surface area contributed by atoms with E-state index in [1.54, 1.807) is 18.2 Å². The Morgan fingerprint density at radius 1 is 1.19 bits per heavy atom. The number of nitrogens with zero attached hydrogens (tertiary/aromatic N) is 2. The number of alkyl halides is 3. The molecule has 10 heteroatoms. The second-order valence-electron chi connectivity index (χ2n) is 7.91. The van der Waals surface area contributed by atoms with Gasteiger partial charge < -0.3 is 20.1 Å². The van der Waals surface area contributed by atoms with E-state index in [4.69, 9.17) is 9.47 Å². The van der Waals surface area contributed by atoms with E-state index in [9.17, 15) is 18.0 Å². The standard InChI is InChI=1S/C21H25F3N4O3/c1-30-16-8-7-12(9-17(16)31-2)15-10-18(21(22,23)24)28-19(27-15)14(11-25-28)20(29)26-13-5-3-4-6-13/h7-9,11,13,15,18,27H,3-6,10H2,1-2H3,(H,26,29)/t15-,18-/m0/s1. The molecule has 4 rings (SSSR count). The molecular formula is C21H25F3N4O3. The molecule has 1 amide bonds. The molecule has 0 spiro atoms. The van der Waals surface area contributed by atoms with E-state index in [0.29, 0.717) is 17.1 Å². The molecular weight excluding hydrogens is 413 g/mol. The maximum Gasteiger partial charge on any atom is 0.410 e. The molecule has 0 unspecified atom stereocenters. The molecule has 168 valence electrons. The Hall–Kier alpha value is -2.91. The zero-order valence-corrected chi connectivity index (χ0v) is 17.3. The number of carbonyl (C=O) groups excluding carboxylic acids is 1. The normalized spacial score (nSPS) is 21.3. The van der Waals surface area contributed by atoms with Gasteiger partial charge in [0.25, 0.3) is 5.91 Å². The predicted octanol–water partition coefficient (Wildman–Crippen LogP) is 4.23. The highest BCUT2D eigenvalue weighted by atomic mass is 19.4. The number of fused-ring (bicyclic) bond motifs is 1. The van der Waals surface area contributed by atoms with Crippen molar-refractivity contribution in [3.63, 3.8) is 0 Å². The van der Waals surface area contributed by atoms with Crippen LogP contribution in [-0.4, -0.2) is 42.1 Å². The number of methoxy groups -OCH3 is 2. The van der Waals surface area contributed by atoms with Crippen LogP contribution in [0.4, 0.5) is 19.0 Å². The SMILES string of the molecule is COc1ccc([C@@H]2C[C@@H](C(F)(F)F)n3ncc(C(=O)NC4CCCC4)c3N2)cc1OC. The Labute approximate surface area is 177 Å². The lowest BCUT2D eigenvalue weighted by Crippen LogP contribution is -2.37. The third kappa shape index (κ3) is 4.15. The fourth-order valence-corrected chi connectivity index (χ4v) is 4.35. The topological polar surface area (TPSA) is 77.4 Å². The lowest BCUT2D eigenvalue weighted by molar-refractivity contribution is -0.173. The van der Waals surface area contributed by atoms with Crippen LogP contribution in [0, 0.1) is 0 Å². The van der Waals surface area contributed by atoms with Crippen molar-refractivity contribution < 1.29 is 27.4 Å². The Morgan fingerprint density at radius 3 is 2.55 bits per heavy atom. The number of carbonyl (C=O) groups is 1. The molecule has 2 heterocycles. The molecule has 1 aromatic heterocycles. The first-order chi connectivity index (χ1) is 14.8. The highest BCUT2D eigenvalue weighted by Gasteiger charge is 2.47. The van der Waals surface area contributed by atoms with Crippen LogP contribution in [0.25, 0.3) is 0 Å². The molecule has 2 aliphatic rings. The maximum absolute atomic E-state index is 13.9.